The van der Waals surface area contributed by atoms with Crippen molar-refractivity contribution >= 4 is 5.97 Å². The van der Waals surface area contributed by atoms with Crippen LogP contribution < -0.4 is 0 Å². The first-order valence-electron chi connectivity index (χ1n) is 4.52. The fourth-order valence-electron chi connectivity index (χ4n) is 1.10. The summed E-state index contributed by atoms with van der Waals surface area (Å²) in [5, 5.41) is 0. The summed E-state index contributed by atoms with van der Waals surface area (Å²) in [6.45, 7) is 1.97. The predicted octanol–water partition coefficient (Wildman–Crippen LogP) is 2.12. The van der Waals surface area contributed by atoms with Crippen molar-refractivity contribution < 1.29 is 18.3 Å². The van der Waals surface area contributed by atoms with E-state index in [1.165, 1.54) is 18.3 Å². The molecule has 0 N–H and O–H groups in total. The molecule has 1 aromatic heterocycles. The molecule has 0 spiro atoms. The number of carbonyl (C=O) groups excluding carboxylic acids is 1. The minimum atomic E-state index is -2.62. The van der Waals surface area contributed by atoms with E-state index in [0.717, 1.165) is 0 Å². The molecule has 0 bridgehead atoms. The second-order valence-electron chi connectivity index (χ2n) is 2.87. The number of nitrogens with zero attached hydrogens (tertiary/aromatic N) is 1. The number of aromatic nitrogens is 1. The molecule has 0 radical (unpaired) electrons. The number of alkyl halides is 2. The quantitative estimate of drug-likeness (QED) is 0.722. The van der Waals surface area contributed by atoms with Crippen LogP contribution in [0.5, 0.6) is 0 Å². The number of esters is 1. The number of halogens is 2. The highest BCUT2D eigenvalue weighted by Crippen LogP contribution is 2.17. The average molecular weight is 215 g/mol. The van der Waals surface area contributed by atoms with Crippen LogP contribution in [0.25, 0.3) is 0 Å². The number of ether oxygens (including phenoxy) is 1. The van der Waals surface area contributed by atoms with Gasteiger partial charge in [-0.05, 0) is 24.6 Å². The van der Waals surface area contributed by atoms with Crippen LogP contribution in [0.1, 0.15) is 24.6 Å². The first kappa shape index (κ1) is 11.6. The Kier molecular flexibility index (Phi) is 4.15. The molecule has 0 saturated heterocycles. The number of hydrogen-bond acceptors (Lipinski definition) is 3. The molecule has 0 amide bonds. The van der Waals surface area contributed by atoms with Crippen LogP contribution in [0.4, 0.5) is 8.78 Å². The van der Waals surface area contributed by atoms with Gasteiger partial charge in [0.2, 0.25) is 0 Å². The molecule has 3 nitrogen and oxygen atoms in total. The van der Waals surface area contributed by atoms with Crippen molar-refractivity contribution in [1.82, 2.24) is 4.98 Å². The van der Waals surface area contributed by atoms with Crippen molar-refractivity contribution in [3.63, 3.8) is 0 Å². The maximum absolute atomic E-state index is 12.3. The van der Waals surface area contributed by atoms with E-state index in [1.807, 2.05) is 0 Å². The Morgan fingerprint density at radius 3 is 2.93 bits per heavy atom. The lowest BCUT2D eigenvalue weighted by molar-refractivity contribution is -0.142. The van der Waals surface area contributed by atoms with Crippen LogP contribution in [0.3, 0.4) is 0 Å². The lowest BCUT2D eigenvalue weighted by Gasteiger charge is -2.03. The summed E-state index contributed by atoms with van der Waals surface area (Å²) >= 11 is 0. The molecule has 0 atom stereocenters. The van der Waals surface area contributed by atoms with E-state index in [1.54, 1.807) is 6.92 Å². The topological polar surface area (TPSA) is 39.2 Å². The molecule has 1 aromatic rings. The monoisotopic (exact) mass is 215 g/mol. The molecule has 0 fully saturated rings. The third-order valence-electron chi connectivity index (χ3n) is 1.72. The highest BCUT2D eigenvalue weighted by Gasteiger charge is 2.10. The minimum Gasteiger partial charge on any atom is -0.466 e. The number of carbonyl (C=O) groups is 1. The summed E-state index contributed by atoms with van der Waals surface area (Å²) in [5.41, 5.74) is 0.163. The summed E-state index contributed by atoms with van der Waals surface area (Å²) in [7, 11) is 0. The molecule has 1 rings (SSSR count). The van der Waals surface area contributed by atoms with E-state index in [4.69, 9.17) is 4.74 Å². The molecular formula is C10H11F2NO2. The van der Waals surface area contributed by atoms with E-state index in [-0.39, 0.29) is 18.7 Å². The Hall–Kier alpha value is -1.52. The minimum absolute atomic E-state index is 0.00389. The maximum atomic E-state index is 12.3. The largest absolute Gasteiger partial charge is 0.466 e. The van der Waals surface area contributed by atoms with Crippen molar-refractivity contribution in [2.24, 2.45) is 0 Å². The molecule has 15 heavy (non-hydrogen) atoms. The second kappa shape index (κ2) is 5.38. The van der Waals surface area contributed by atoms with Crippen LogP contribution in [0, 0.1) is 0 Å². The molecule has 0 aliphatic rings. The lowest BCUT2D eigenvalue weighted by Crippen LogP contribution is -2.08. The van der Waals surface area contributed by atoms with E-state index in [2.05, 4.69) is 4.98 Å². The van der Waals surface area contributed by atoms with Crippen molar-refractivity contribution in [2.45, 2.75) is 19.8 Å². The normalized spacial score (nSPS) is 10.4. The summed E-state index contributed by atoms with van der Waals surface area (Å²) < 4.78 is 29.2. The summed E-state index contributed by atoms with van der Waals surface area (Å²) in [4.78, 5) is 14.6. The van der Waals surface area contributed by atoms with Gasteiger partial charge < -0.3 is 4.74 Å². The van der Waals surface area contributed by atoms with Gasteiger partial charge in [-0.2, -0.15) is 0 Å². The fourth-order valence-corrected chi connectivity index (χ4v) is 1.10. The Labute approximate surface area is 86.1 Å². The third-order valence-corrected chi connectivity index (χ3v) is 1.72. The summed E-state index contributed by atoms with van der Waals surface area (Å²) in [5.74, 6) is -0.427. The van der Waals surface area contributed by atoms with Gasteiger partial charge in [-0.3, -0.25) is 9.78 Å². The van der Waals surface area contributed by atoms with Gasteiger partial charge in [-0.1, -0.05) is 0 Å². The van der Waals surface area contributed by atoms with Gasteiger partial charge in [0.05, 0.1) is 13.0 Å². The molecule has 0 saturated carbocycles. The van der Waals surface area contributed by atoms with Crippen molar-refractivity contribution in [3.8, 4) is 0 Å². The molecular weight excluding hydrogens is 204 g/mol. The zero-order valence-corrected chi connectivity index (χ0v) is 8.24. The Bertz CT molecular complexity index is 342. The van der Waals surface area contributed by atoms with E-state index < -0.39 is 12.4 Å². The van der Waals surface area contributed by atoms with Crippen molar-refractivity contribution in [3.05, 3.63) is 29.6 Å². The van der Waals surface area contributed by atoms with E-state index in [9.17, 15) is 13.6 Å². The standard InChI is InChI=1S/C10H11F2NO2/c1-2-15-9(14)6-7-3-4-13-8(5-7)10(11)12/h3-5,10H,2,6H2,1H3. The van der Waals surface area contributed by atoms with Gasteiger partial charge in [0, 0.05) is 6.20 Å². The molecule has 82 valence electrons. The van der Waals surface area contributed by atoms with Gasteiger partial charge in [-0.25, -0.2) is 8.78 Å². The van der Waals surface area contributed by atoms with Crippen molar-refractivity contribution in [2.75, 3.05) is 6.61 Å². The number of hydrogen-bond donors (Lipinski definition) is 0. The molecule has 1 heterocycles. The van der Waals surface area contributed by atoms with Crippen LogP contribution in [-0.4, -0.2) is 17.6 Å². The van der Waals surface area contributed by atoms with Gasteiger partial charge in [-0.15, -0.1) is 0 Å². The van der Waals surface area contributed by atoms with Crippen molar-refractivity contribution in [1.29, 1.82) is 0 Å². The number of rotatable bonds is 4. The molecule has 0 aliphatic heterocycles. The summed E-state index contributed by atoms with van der Waals surface area (Å²) in [6.07, 6.45) is -1.36. The fraction of sp³-hybridized carbons (Fsp3) is 0.400. The lowest BCUT2D eigenvalue weighted by atomic mass is 10.2. The Morgan fingerprint density at radius 2 is 2.33 bits per heavy atom. The second-order valence-corrected chi connectivity index (χ2v) is 2.87. The molecule has 0 aliphatic carbocycles. The van der Waals surface area contributed by atoms with E-state index in [0.29, 0.717) is 5.56 Å². The van der Waals surface area contributed by atoms with Crippen LogP contribution in [0.2, 0.25) is 0 Å². The van der Waals surface area contributed by atoms with Gasteiger partial charge in [0.1, 0.15) is 5.69 Å². The zero-order chi connectivity index (χ0) is 11.3. The Balaban J connectivity index is 2.69. The predicted molar refractivity (Wildman–Crippen MR) is 49.5 cm³/mol. The zero-order valence-electron chi connectivity index (χ0n) is 8.24. The highest BCUT2D eigenvalue weighted by atomic mass is 19.3. The van der Waals surface area contributed by atoms with Gasteiger partial charge >= 0.3 is 5.97 Å². The molecule has 5 heteroatoms. The number of pyridine rings is 1. The van der Waals surface area contributed by atoms with Crippen LogP contribution in [-0.2, 0) is 16.0 Å². The SMILES string of the molecule is CCOC(=O)Cc1ccnc(C(F)F)c1. The maximum Gasteiger partial charge on any atom is 0.310 e. The smallest absolute Gasteiger partial charge is 0.310 e. The molecule has 0 unspecified atom stereocenters. The van der Waals surface area contributed by atoms with Crippen LogP contribution >= 0.6 is 0 Å². The first-order chi connectivity index (χ1) is 7.13. The first-order valence-corrected chi connectivity index (χ1v) is 4.52. The van der Waals surface area contributed by atoms with E-state index >= 15 is 0 Å². The average Bonchev–Trinajstić information content (AvgIpc) is 2.18. The Morgan fingerprint density at radius 1 is 1.60 bits per heavy atom. The third kappa shape index (κ3) is 3.61. The highest BCUT2D eigenvalue weighted by molar-refractivity contribution is 5.72. The van der Waals surface area contributed by atoms with Gasteiger partial charge in [0.25, 0.3) is 6.43 Å². The van der Waals surface area contributed by atoms with Gasteiger partial charge in [0.15, 0.2) is 0 Å². The molecule has 0 aromatic carbocycles. The van der Waals surface area contributed by atoms with Crippen LogP contribution in [0.15, 0.2) is 18.3 Å². The summed E-state index contributed by atoms with van der Waals surface area (Å²) in [6, 6.07) is 2.73.